The van der Waals surface area contributed by atoms with Gasteiger partial charge in [-0.2, -0.15) is 5.10 Å². The van der Waals surface area contributed by atoms with Crippen molar-refractivity contribution < 1.29 is 9.21 Å². The molecule has 3 rings (SSSR count). The molecule has 0 aliphatic rings. The summed E-state index contributed by atoms with van der Waals surface area (Å²) in [7, 11) is 0. The van der Waals surface area contributed by atoms with Gasteiger partial charge >= 0.3 is 0 Å². The van der Waals surface area contributed by atoms with Gasteiger partial charge in [0.05, 0.1) is 15.7 Å². The van der Waals surface area contributed by atoms with E-state index in [1.807, 2.05) is 39.0 Å². The van der Waals surface area contributed by atoms with Crippen LogP contribution in [0.2, 0.25) is 0 Å². The Labute approximate surface area is 154 Å². The number of aryl methyl sites for hydroxylation is 4. The number of hydrogen-bond donors (Lipinski definition) is 1. The molecule has 3 aromatic rings. The quantitative estimate of drug-likeness (QED) is 0.720. The first-order valence-corrected chi connectivity index (χ1v) is 8.68. The Morgan fingerprint density at radius 3 is 2.52 bits per heavy atom. The highest BCUT2D eigenvalue weighted by molar-refractivity contribution is 9.10. The summed E-state index contributed by atoms with van der Waals surface area (Å²) in [6.07, 6.45) is 1.74. The van der Waals surface area contributed by atoms with Gasteiger partial charge < -0.3 is 9.73 Å². The van der Waals surface area contributed by atoms with Crippen LogP contribution in [0.25, 0.3) is 5.82 Å². The van der Waals surface area contributed by atoms with Gasteiger partial charge in [-0.3, -0.25) is 4.79 Å². The van der Waals surface area contributed by atoms with Crippen LogP contribution in [0.1, 0.15) is 38.8 Å². The molecule has 0 saturated carbocycles. The largest absolute Gasteiger partial charge is 0.465 e. The van der Waals surface area contributed by atoms with Crippen LogP contribution >= 0.6 is 15.9 Å². The summed E-state index contributed by atoms with van der Waals surface area (Å²) in [6, 6.07) is 5.83. The molecule has 0 aliphatic heterocycles. The van der Waals surface area contributed by atoms with Crippen molar-refractivity contribution in [2.75, 3.05) is 0 Å². The number of aromatic nitrogens is 3. The van der Waals surface area contributed by atoms with Crippen molar-refractivity contribution in [3.63, 3.8) is 0 Å². The summed E-state index contributed by atoms with van der Waals surface area (Å²) in [6.45, 7) is 7.92. The second kappa shape index (κ2) is 6.84. The lowest BCUT2D eigenvalue weighted by Crippen LogP contribution is -2.23. The third kappa shape index (κ3) is 3.51. The zero-order chi connectivity index (χ0) is 18.1. The summed E-state index contributed by atoms with van der Waals surface area (Å²) in [5, 5.41) is 7.31. The molecule has 7 heteroatoms. The molecule has 0 atom stereocenters. The van der Waals surface area contributed by atoms with E-state index in [4.69, 9.17) is 4.42 Å². The molecule has 0 aromatic carbocycles. The molecule has 0 bridgehead atoms. The highest BCUT2D eigenvalue weighted by Crippen LogP contribution is 2.27. The van der Waals surface area contributed by atoms with Gasteiger partial charge in [0.2, 0.25) is 0 Å². The van der Waals surface area contributed by atoms with Crippen LogP contribution in [-0.2, 0) is 6.54 Å². The van der Waals surface area contributed by atoms with Gasteiger partial charge in [-0.25, -0.2) is 9.67 Å². The zero-order valence-electron chi connectivity index (χ0n) is 14.6. The van der Waals surface area contributed by atoms with E-state index in [1.165, 1.54) is 0 Å². The Morgan fingerprint density at radius 1 is 1.24 bits per heavy atom. The SMILES string of the molecule is Cc1cc(C)n(-c2ccc(CNC(=O)c3c(C)oc(C)c3Br)cn2)n1. The van der Waals surface area contributed by atoms with Crippen LogP contribution in [-0.4, -0.2) is 20.7 Å². The van der Waals surface area contributed by atoms with Gasteiger partial charge in [0.25, 0.3) is 5.91 Å². The maximum absolute atomic E-state index is 12.4. The van der Waals surface area contributed by atoms with Gasteiger partial charge in [0.1, 0.15) is 11.5 Å². The molecule has 130 valence electrons. The van der Waals surface area contributed by atoms with E-state index in [-0.39, 0.29) is 5.91 Å². The van der Waals surface area contributed by atoms with Crippen molar-refractivity contribution in [2.45, 2.75) is 34.2 Å². The molecule has 0 spiro atoms. The second-order valence-corrected chi connectivity index (χ2v) is 6.74. The van der Waals surface area contributed by atoms with Crippen LogP contribution in [0.5, 0.6) is 0 Å². The van der Waals surface area contributed by atoms with E-state index < -0.39 is 0 Å². The summed E-state index contributed by atoms with van der Waals surface area (Å²) in [5.74, 6) is 1.87. The molecule has 0 aliphatic carbocycles. The summed E-state index contributed by atoms with van der Waals surface area (Å²) < 4.78 is 7.96. The van der Waals surface area contributed by atoms with Gasteiger partial charge in [0, 0.05) is 18.4 Å². The fourth-order valence-corrected chi connectivity index (χ4v) is 3.23. The molecular weight excluding hydrogens is 384 g/mol. The van der Waals surface area contributed by atoms with Crippen LogP contribution in [0, 0.1) is 27.7 Å². The first-order valence-electron chi connectivity index (χ1n) is 7.89. The molecular formula is C18H19BrN4O2. The lowest BCUT2D eigenvalue weighted by atomic mass is 10.2. The summed E-state index contributed by atoms with van der Waals surface area (Å²) >= 11 is 3.40. The number of nitrogens with zero attached hydrogens (tertiary/aromatic N) is 3. The lowest BCUT2D eigenvalue weighted by molar-refractivity contribution is 0.0948. The smallest absolute Gasteiger partial charge is 0.256 e. The first-order chi connectivity index (χ1) is 11.9. The van der Waals surface area contributed by atoms with Crippen molar-refractivity contribution in [3.05, 3.63) is 62.9 Å². The number of hydrogen-bond acceptors (Lipinski definition) is 4. The van der Waals surface area contributed by atoms with Crippen LogP contribution in [0.4, 0.5) is 0 Å². The molecule has 0 fully saturated rings. The number of pyridine rings is 1. The average Bonchev–Trinajstić information content (AvgIpc) is 3.04. The molecule has 0 saturated heterocycles. The molecule has 0 unspecified atom stereocenters. The van der Waals surface area contributed by atoms with Crippen molar-refractivity contribution in [3.8, 4) is 5.82 Å². The Morgan fingerprint density at radius 2 is 2.00 bits per heavy atom. The number of halogens is 1. The van der Waals surface area contributed by atoms with Gasteiger partial charge in [-0.1, -0.05) is 6.07 Å². The molecule has 6 nitrogen and oxygen atoms in total. The maximum atomic E-state index is 12.4. The Kier molecular flexibility index (Phi) is 4.76. The lowest BCUT2D eigenvalue weighted by Gasteiger charge is -2.07. The minimum absolute atomic E-state index is 0.177. The number of rotatable bonds is 4. The summed E-state index contributed by atoms with van der Waals surface area (Å²) in [4.78, 5) is 16.8. The number of nitrogens with one attached hydrogen (secondary N) is 1. The fourth-order valence-electron chi connectivity index (χ4n) is 2.69. The molecule has 1 N–H and O–H groups in total. The molecule has 3 aromatic heterocycles. The van der Waals surface area contributed by atoms with Gasteiger partial charge in [0.15, 0.2) is 5.82 Å². The van der Waals surface area contributed by atoms with Crippen LogP contribution < -0.4 is 5.32 Å². The van der Waals surface area contributed by atoms with Crippen molar-refractivity contribution in [1.82, 2.24) is 20.1 Å². The minimum atomic E-state index is -0.177. The summed E-state index contributed by atoms with van der Waals surface area (Å²) in [5.41, 5.74) is 3.42. The van der Waals surface area contributed by atoms with E-state index in [9.17, 15) is 4.79 Å². The average molecular weight is 403 g/mol. The van der Waals surface area contributed by atoms with Crippen molar-refractivity contribution in [1.29, 1.82) is 0 Å². The standard InChI is InChI=1S/C18H19BrN4O2/c1-10-7-11(2)23(22-10)15-6-5-14(8-20-15)9-21-18(24)16-12(3)25-13(4)17(16)19/h5-8H,9H2,1-4H3,(H,21,24). The maximum Gasteiger partial charge on any atom is 0.256 e. The predicted molar refractivity (Wildman–Crippen MR) is 97.9 cm³/mol. The molecule has 1 amide bonds. The minimum Gasteiger partial charge on any atom is -0.465 e. The topological polar surface area (TPSA) is 73.0 Å². The predicted octanol–water partition coefficient (Wildman–Crippen LogP) is 3.79. The Hall–Kier alpha value is -2.41. The van der Waals surface area contributed by atoms with E-state index in [0.717, 1.165) is 22.8 Å². The molecule has 0 radical (unpaired) electrons. The number of carbonyl (C=O) groups excluding carboxylic acids is 1. The molecule has 3 heterocycles. The highest BCUT2D eigenvalue weighted by atomic mass is 79.9. The van der Waals surface area contributed by atoms with E-state index in [2.05, 4.69) is 31.3 Å². The third-order valence-corrected chi connectivity index (χ3v) is 4.86. The number of furan rings is 1. The monoisotopic (exact) mass is 402 g/mol. The third-order valence-electron chi connectivity index (χ3n) is 3.90. The number of amides is 1. The van der Waals surface area contributed by atoms with Crippen molar-refractivity contribution >= 4 is 21.8 Å². The molecule has 25 heavy (non-hydrogen) atoms. The van der Waals surface area contributed by atoms with Gasteiger partial charge in [-0.15, -0.1) is 0 Å². The number of carbonyl (C=O) groups is 1. The first kappa shape index (κ1) is 17.4. The normalized spacial score (nSPS) is 10.9. The zero-order valence-corrected chi connectivity index (χ0v) is 16.1. The van der Waals surface area contributed by atoms with E-state index in [0.29, 0.717) is 28.1 Å². The van der Waals surface area contributed by atoms with E-state index >= 15 is 0 Å². The van der Waals surface area contributed by atoms with Crippen LogP contribution in [0.15, 0.2) is 33.3 Å². The van der Waals surface area contributed by atoms with Gasteiger partial charge in [-0.05, 0) is 61.3 Å². The van der Waals surface area contributed by atoms with E-state index in [1.54, 1.807) is 17.8 Å². The highest BCUT2D eigenvalue weighted by Gasteiger charge is 2.19. The van der Waals surface area contributed by atoms with Crippen molar-refractivity contribution in [2.24, 2.45) is 0 Å². The Bertz CT molecular complexity index is 925. The van der Waals surface area contributed by atoms with Crippen LogP contribution in [0.3, 0.4) is 0 Å². The Balaban J connectivity index is 1.70. The second-order valence-electron chi connectivity index (χ2n) is 5.95. The fraction of sp³-hybridized carbons (Fsp3) is 0.278.